The average molecular weight is 469 g/mol. The maximum Gasteiger partial charge on any atom is 0.269 e. The monoisotopic (exact) mass is 469 g/mol. The Balaban J connectivity index is 2.36. The van der Waals surface area contributed by atoms with Gasteiger partial charge in [-0.25, -0.2) is 0 Å². The molecule has 2 unspecified atom stereocenters. The highest BCUT2D eigenvalue weighted by molar-refractivity contribution is 5.88. The van der Waals surface area contributed by atoms with Crippen LogP contribution in [-0.2, 0) is 14.3 Å². The lowest BCUT2D eigenvalue weighted by atomic mass is 9.71. The van der Waals surface area contributed by atoms with Gasteiger partial charge in [-0.05, 0) is 24.8 Å². The molecule has 0 bridgehead atoms. The summed E-state index contributed by atoms with van der Waals surface area (Å²) in [4.78, 5) is 33.6. The van der Waals surface area contributed by atoms with Crippen LogP contribution in [0.1, 0.15) is 56.9 Å². The fourth-order valence-corrected chi connectivity index (χ4v) is 4.16. The van der Waals surface area contributed by atoms with Gasteiger partial charge in [0.2, 0.25) is 0 Å². The van der Waals surface area contributed by atoms with Gasteiger partial charge in [-0.2, -0.15) is 0 Å². The van der Waals surface area contributed by atoms with E-state index < -0.39 is 52.9 Å². The summed E-state index contributed by atoms with van der Waals surface area (Å²) in [6, 6.07) is 5.03. The van der Waals surface area contributed by atoms with Crippen molar-refractivity contribution in [2.24, 2.45) is 0 Å². The second-order valence-electron chi connectivity index (χ2n) is 8.29. The van der Waals surface area contributed by atoms with Gasteiger partial charge in [0.15, 0.2) is 23.8 Å². The van der Waals surface area contributed by atoms with E-state index in [1.807, 2.05) is 6.92 Å². The molecule has 0 saturated carbocycles. The Kier molecular flexibility index (Phi) is 9.58. The zero-order valence-corrected chi connectivity index (χ0v) is 18.3. The summed E-state index contributed by atoms with van der Waals surface area (Å²) < 4.78 is 5.23. The Morgan fingerprint density at radius 2 is 1.85 bits per heavy atom. The molecule has 2 rings (SSSR count). The SMILES string of the molecule is CCCCC(O)C(=O)[C@H]1O[C@H](O)[C@](O)(C(CCCC=O)c2ccc([N+](=O)[O-])cc2)[C@@H](O)[C@@H]1O. The first-order valence-corrected chi connectivity index (χ1v) is 10.9. The number of nitrogens with zero attached hydrogens (tertiary/aromatic N) is 1. The quantitative estimate of drug-likeness (QED) is 0.124. The fraction of sp³-hybridized carbons (Fsp3) is 0.636. The van der Waals surface area contributed by atoms with Gasteiger partial charge >= 0.3 is 0 Å². The number of hydrogen-bond acceptors (Lipinski definition) is 10. The number of carbonyl (C=O) groups is 2. The van der Waals surface area contributed by atoms with E-state index in [1.54, 1.807) is 0 Å². The highest BCUT2D eigenvalue weighted by Gasteiger charge is 2.60. The number of aldehydes is 1. The number of Topliss-reactive ketones (excluding diaryl/α,β-unsaturated/α-hetero) is 1. The standard InChI is InChI=1S/C22H31NO10/c1-2-3-7-16(25)17(26)19-18(27)20(28)22(30,21(29)33-19)15(6-4-5-12-24)13-8-10-14(11-9-13)23(31)32/h8-12,15-16,18-21,25,27-30H,2-7H2,1H3/t15?,16?,18-,19-,20+,21+,22+/m1/s1. The fourth-order valence-electron chi connectivity index (χ4n) is 4.16. The normalized spacial score (nSPS) is 29.3. The van der Waals surface area contributed by atoms with E-state index in [4.69, 9.17) is 4.74 Å². The Morgan fingerprint density at radius 3 is 2.39 bits per heavy atom. The van der Waals surface area contributed by atoms with Gasteiger partial charge in [-0.15, -0.1) is 0 Å². The zero-order chi connectivity index (χ0) is 24.8. The van der Waals surface area contributed by atoms with E-state index >= 15 is 0 Å². The second kappa shape index (κ2) is 11.7. The molecule has 0 radical (unpaired) electrons. The maximum absolute atomic E-state index is 12.5. The third kappa shape index (κ3) is 5.81. The summed E-state index contributed by atoms with van der Waals surface area (Å²) in [5.41, 5.74) is -2.44. The minimum atomic E-state index is -2.51. The first kappa shape index (κ1) is 27.0. The van der Waals surface area contributed by atoms with Crippen molar-refractivity contribution in [3.63, 3.8) is 0 Å². The Labute approximate surface area is 190 Å². The van der Waals surface area contributed by atoms with Crippen LogP contribution in [0.5, 0.6) is 0 Å². The first-order chi connectivity index (χ1) is 15.6. The summed E-state index contributed by atoms with van der Waals surface area (Å²) in [6.45, 7) is 1.86. The maximum atomic E-state index is 12.5. The highest BCUT2D eigenvalue weighted by atomic mass is 16.6. The smallest absolute Gasteiger partial charge is 0.269 e. The number of carbonyl (C=O) groups excluding carboxylic acids is 2. The molecule has 0 amide bonds. The van der Waals surface area contributed by atoms with E-state index in [-0.39, 0.29) is 36.9 Å². The van der Waals surface area contributed by atoms with Crippen LogP contribution in [0.2, 0.25) is 0 Å². The molecule has 0 aromatic heterocycles. The summed E-state index contributed by atoms with van der Waals surface area (Å²) in [7, 11) is 0. The Morgan fingerprint density at radius 1 is 1.21 bits per heavy atom. The van der Waals surface area contributed by atoms with Crippen LogP contribution < -0.4 is 0 Å². The lowest BCUT2D eigenvalue weighted by Gasteiger charge is -2.50. The minimum Gasteiger partial charge on any atom is -0.387 e. The van der Waals surface area contributed by atoms with Crippen molar-refractivity contribution in [1.82, 2.24) is 0 Å². The molecule has 0 aliphatic carbocycles. The van der Waals surface area contributed by atoms with E-state index in [9.17, 15) is 45.2 Å². The molecule has 1 aliphatic heterocycles. The number of rotatable bonds is 12. The van der Waals surface area contributed by atoms with Crippen molar-refractivity contribution in [2.75, 3.05) is 0 Å². The van der Waals surface area contributed by atoms with Crippen LogP contribution in [0.15, 0.2) is 24.3 Å². The Hall–Kier alpha value is -2.28. The number of aliphatic hydroxyl groups is 5. The van der Waals surface area contributed by atoms with Crippen LogP contribution in [0.3, 0.4) is 0 Å². The van der Waals surface area contributed by atoms with E-state index in [0.717, 1.165) is 0 Å². The lowest BCUT2D eigenvalue weighted by molar-refractivity contribution is -0.384. The third-order valence-corrected chi connectivity index (χ3v) is 6.10. The topological polar surface area (TPSA) is 188 Å². The van der Waals surface area contributed by atoms with E-state index in [2.05, 4.69) is 0 Å². The second-order valence-corrected chi connectivity index (χ2v) is 8.29. The average Bonchev–Trinajstić information content (AvgIpc) is 2.81. The van der Waals surface area contributed by atoms with E-state index in [0.29, 0.717) is 19.1 Å². The van der Waals surface area contributed by atoms with Gasteiger partial charge in [-0.3, -0.25) is 14.9 Å². The predicted octanol–water partition coefficient (Wildman–Crippen LogP) is 0.338. The summed E-state index contributed by atoms with van der Waals surface area (Å²) in [5.74, 6) is -2.04. The van der Waals surface area contributed by atoms with Crippen LogP contribution in [0, 0.1) is 10.1 Å². The molecule has 1 aromatic carbocycles. The summed E-state index contributed by atoms with van der Waals surface area (Å²) in [5, 5.41) is 64.5. The van der Waals surface area contributed by atoms with Crippen LogP contribution >= 0.6 is 0 Å². The van der Waals surface area contributed by atoms with Crippen LogP contribution in [0.4, 0.5) is 5.69 Å². The van der Waals surface area contributed by atoms with Crippen molar-refractivity contribution in [3.8, 4) is 0 Å². The number of non-ortho nitro benzene ring substituents is 1. The molecule has 0 spiro atoms. The first-order valence-electron chi connectivity index (χ1n) is 10.9. The number of nitro groups is 1. The zero-order valence-electron chi connectivity index (χ0n) is 18.3. The molecular weight excluding hydrogens is 438 g/mol. The number of ether oxygens (including phenoxy) is 1. The lowest BCUT2D eigenvalue weighted by Crippen LogP contribution is -2.70. The van der Waals surface area contributed by atoms with Crippen molar-refractivity contribution in [1.29, 1.82) is 0 Å². The van der Waals surface area contributed by atoms with Crippen molar-refractivity contribution < 1.29 is 44.8 Å². The van der Waals surface area contributed by atoms with E-state index in [1.165, 1.54) is 24.3 Å². The predicted molar refractivity (Wildman–Crippen MR) is 114 cm³/mol. The molecule has 33 heavy (non-hydrogen) atoms. The van der Waals surface area contributed by atoms with Gasteiger partial charge in [0.05, 0.1) is 4.92 Å². The van der Waals surface area contributed by atoms with Crippen molar-refractivity contribution >= 4 is 17.8 Å². The van der Waals surface area contributed by atoms with Gasteiger partial charge in [0, 0.05) is 24.5 Å². The molecule has 1 aromatic rings. The molecule has 11 nitrogen and oxygen atoms in total. The highest BCUT2D eigenvalue weighted by Crippen LogP contribution is 2.43. The summed E-state index contributed by atoms with van der Waals surface area (Å²) >= 11 is 0. The van der Waals surface area contributed by atoms with Gasteiger partial charge in [0.25, 0.3) is 5.69 Å². The number of benzene rings is 1. The number of unbranched alkanes of at least 4 members (excludes halogenated alkanes) is 2. The number of nitro benzene ring substituents is 1. The minimum absolute atomic E-state index is 0.0506. The molecule has 5 N–H and O–H groups in total. The largest absolute Gasteiger partial charge is 0.387 e. The molecule has 11 heteroatoms. The van der Waals surface area contributed by atoms with Gasteiger partial charge in [0.1, 0.15) is 24.6 Å². The molecule has 1 fully saturated rings. The van der Waals surface area contributed by atoms with Crippen LogP contribution in [-0.4, -0.2) is 78.8 Å². The van der Waals surface area contributed by atoms with Gasteiger partial charge < -0.3 is 35.1 Å². The molecule has 1 aliphatic rings. The molecule has 184 valence electrons. The number of aliphatic hydroxyl groups excluding tert-OH is 4. The molecular formula is C22H31NO10. The Bertz CT molecular complexity index is 816. The molecule has 7 atom stereocenters. The summed E-state index contributed by atoms with van der Waals surface area (Å²) in [6.07, 6.45) is -7.01. The third-order valence-electron chi connectivity index (χ3n) is 6.10. The van der Waals surface area contributed by atoms with Crippen molar-refractivity contribution in [3.05, 3.63) is 39.9 Å². The molecule has 1 saturated heterocycles. The molecule has 1 heterocycles. The number of hydrogen-bond donors (Lipinski definition) is 5. The number of ketones is 1. The van der Waals surface area contributed by atoms with Crippen LogP contribution in [0.25, 0.3) is 0 Å². The van der Waals surface area contributed by atoms with Crippen molar-refractivity contribution in [2.45, 2.75) is 87.7 Å². The van der Waals surface area contributed by atoms with Gasteiger partial charge in [-0.1, -0.05) is 31.9 Å².